The van der Waals surface area contributed by atoms with Gasteiger partial charge in [-0.3, -0.25) is 0 Å². The molecule has 0 saturated heterocycles. The van der Waals surface area contributed by atoms with Crippen molar-refractivity contribution in [2.75, 3.05) is 0 Å². The van der Waals surface area contributed by atoms with Gasteiger partial charge in [0.2, 0.25) is 0 Å². The van der Waals surface area contributed by atoms with Crippen molar-refractivity contribution in [1.82, 2.24) is 0 Å². The minimum atomic E-state index is 1.46. The van der Waals surface area contributed by atoms with Crippen LogP contribution in [0.5, 0.6) is 0 Å². The summed E-state index contributed by atoms with van der Waals surface area (Å²) in [4.78, 5) is 9.14. The lowest BCUT2D eigenvalue weighted by Crippen LogP contribution is -1.31. The Morgan fingerprint density at radius 1 is 1.57 bits per heavy atom. The van der Waals surface area contributed by atoms with Crippen LogP contribution in [0.4, 0.5) is 0 Å². The first kappa shape index (κ1) is 9.36. The van der Waals surface area contributed by atoms with Gasteiger partial charge in [-0.15, -0.1) is 13.2 Å². The van der Waals surface area contributed by atoms with Gasteiger partial charge < -0.3 is 0 Å². The molecule has 0 spiro atoms. The van der Waals surface area contributed by atoms with Crippen molar-refractivity contribution in [3.05, 3.63) is 25.0 Å². The largest absolute Gasteiger partial charge is 0.224 e. The van der Waals surface area contributed by atoms with E-state index in [9.17, 15) is 0 Å². The normalized spacial score (nSPS) is 3.57. The maximum atomic E-state index is 9.14. The van der Waals surface area contributed by atoms with Crippen molar-refractivity contribution >= 4 is 5.94 Å². The maximum Gasteiger partial charge on any atom is 0.176 e. The van der Waals surface area contributed by atoms with Gasteiger partial charge in [-0.1, -0.05) is 0 Å². The molecule has 0 amide bonds. The first-order valence-electron chi connectivity index (χ1n) is 1.82. The number of allylic oxidation sites excluding steroid dienone is 1. The summed E-state index contributed by atoms with van der Waals surface area (Å²) in [5.74, 6) is 1.46. The van der Waals surface area contributed by atoms with E-state index in [4.69, 9.17) is 4.79 Å². The molecule has 0 unspecified atom stereocenters. The molecule has 0 saturated carbocycles. The summed E-state index contributed by atoms with van der Waals surface area (Å²) in [7, 11) is 0. The predicted molar refractivity (Wildman–Crippen MR) is 30.7 cm³/mol. The Hall–Kier alpha value is -1.03. The molecule has 0 fully saturated rings. The Morgan fingerprint density at radius 2 is 2.00 bits per heavy atom. The van der Waals surface area contributed by atoms with Crippen molar-refractivity contribution in [1.29, 1.82) is 0 Å². The summed E-state index contributed by atoms with van der Waals surface area (Å²) < 4.78 is 0. The molecular formula is C6H8O. The SMILES string of the molecule is C=C.CC=C=C=O. The molecule has 7 heavy (non-hydrogen) atoms. The third kappa shape index (κ3) is 46.6. The molecule has 0 aromatic carbocycles. The monoisotopic (exact) mass is 96.1 g/mol. The van der Waals surface area contributed by atoms with Gasteiger partial charge in [-0.05, 0) is 18.7 Å². The number of carbonyl (C=O) groups excluding carboxylic acids is 1. The standard InChI is InChI=1S/C4H4O.C2H4/c1-2-3-4-5;1-2/h2H,1H3;1-2H2. The second kappa shape index (κ2) is 20.2. The Morgan fingerprint density at radius 3 is 2.00 bits per heavy atom. The van der Waals surface area contributed by atoms with Crippen LogP contribution in [0.25, 0.3) is 0 Å². The molecule has 0 rings (SSSR count). The molecule has 1 heteroatoms. The van der Waals surface area contributed by atoms with Crippen LogP contribution < -0.4 is 0 Å². The highest BCUT2D eigenvalue weighted by Crippen LogP contribution is 1.45. The molecule has 0 atom stereocenters. The van der Waals surface area contributed by atoms with E-state index in [1.54, 1.807) is 6.92 Å². The summed E-state index contributed by atoms with van der Waals surface area (Å²) in [6, 6.07) is 0. The topological polar surface area (TPSA) is 17.1 Å². The van der Waals surface area contributed by atoms with Crippen molar-refractivity contribution in [3.8, 4) is 0 Å². The van der Waals surface area contributed by atoms with Crippen LogP contribution in [-0.4, -0.2) is 5.94 Å². The summed E-state index contributed by atoms with van der Waals surface area (Å²) in [6.45, 7) is 7.71. The Balaban J connectivity index is 0. The minimum Gasteiger partial charge on any atom is -0.224 e. The zero-order valence-corrected chi connectivity index (χ0v) is 4.40. The third-order valence-corrected chi connectivity index (χ3v) is 0.203. The van der Waals surface area contributed by atoms with Crippen LogP contribution in [0.15, 0.2) is 25.0 Å². The highest BCUT2D eigenvalue weighted by Gasteiger charge is 1.34. The van der Waals surface area contributed by atoms with Gasteiger partial charge in [0, 0.05) is 0 Å². The summed E-state index contributed by atoms with van der Waals surface area (Å²) in [5, 5.41) is 0. The Labute approximate surface area is 43.7 Å². The van der Waals surface area contributed by atoms with Crippen LogP contribution in [0.3, 0.4) is 0 Å². The highest BCUT2D eigenvalue weighted by atomic mass is 16.1. The first-order valence-corrected chi connectivity index (χ1v) is 1.82. The molecule has 0 aromatic rings. The summed E-state index contributed by atoms with van der Waals surface area (Å²) in [5.41, 5.74) is 2.18. The number of hydrogen-bond donors (Lipinski definition) is 0. The lowest BCUT2D eigenvalue weighted by molar-refractivity contribution is 0.569. The van der Waals surface area contributed by atoms with E-state index in [-0.39, 0.29) is 0 Å². The molecule has 0 aliphatic carbocycles. The fraction of sp³-hybridized carbons (Fsp3) is 0.167. The predicted octanol–water partition coefficient (Wildman–Crippen LogP) is 1.35. The van der Waals surface area contributed by atoms with Gasteiger partial charge in [0.05, 0.1) is 0 Å². The number of rotatable bonds is 0. The second-order valence-corrected chi connectivity index (χ2v) is 0.535. The Bertz CT molecular complexity index is 92.7. The lowest BCUT2D eigenvalue weighted by Gasteiger charge is -1.36. The van der Waals surface area contributed by atoms with Crippen LogP contribution in [-0.2, 0) is 4.79 Å². The van der Waals surface area contributed by atoms with Crippen molar-refractivity contribution in [2.24, 2.45) is 0 Å². The molecule has 0 N–H and O–H groups in total. The molecule has 0 bridgehead atoms. The zero-order chi connectivity index (χ0) is 6.12. The fourth-order valence-corrected chi connectivity index (χ4v) is 0.0589. The van der Waals surface area contributed by atoms with E-state index < -0.39 is 0 Å². The third-order valence-electron chi connectivity index (χ3n) is 0.203. The van der Waals surface area contributed by atoms with E-state index >= 15 is 0 Å². The molecular weight excluding hydrogens is 88.1 g/mol. The van der Waals surface area contributed by atoms with Crippen molar-refractivity contribution in [2.45, 2.75) is 6.92 Å². The van der Waals surface area contributed by atoms with E-state index in [1.165, 1.54) is 12.0 Å². The minimum absolute atomic E-state index is 1.46. The van der Waals surface area contributed by atoms with E-state index in [0.29, 0.717) is 0 Å². The average Bonchev–Trinajstić information content (AvgIpc) is 1.75. The maximum absolute atomic E-state index is 9.14. The van der Waals surface area contributed by atoms with Crippen molar-refractivity contribution < 1.29 is 4.79 Å². The molecule has 38 valence electrons. The zero-order valence-electron chi connectivity index (χ0n) is 4.40. The smallest absolute Gasteiger partial charge is 0.176 e. The van der Waals surface area contributed by atoms with Gasteiger partial charge >= 0.3 is 0 Å². The van der Waals surface area contributed by atoms with Crippen LogP contribution in [0, 0.1) is 0 Å². The Kier molecular flexibility index (Phi) is 27.0. The first-order chi connectivity index (χ1) is 3.41. The highest BCUT2D eigenvalue weighted by molar-refractivity contribution is 5.43. The van der Waals surface area contributed by atoms with Gasteiger partial charge in [-0.2, -0.15) is 0 Å². The molecule has 0 radical (unpaired) electrons. The number of hydrogen-bond acceptors (Lipinski definition) is 1. The summed E-state index contributed by atoms with van der Waals surface area (Å²) >= 11 is 0. The molecule has 0 aliphatic heterocycles. The molecule has 1 nitrogen and oxygen atoms in total. The molecule has 0 aromatic heterocycles. The van der Waals surface area contributed by atoms with Crippen LogP contribution in [0.1, 0.15) is 6.92 Å². The van der Waals surface area contributed by atoms with Gasteiger partial charge in [-0.25, -0.2) is 4.79 Å². The second-order valence-electron chi connectivity index (χ2n) is 0.535. The van der Waals surface area contributed by atoms with Crippen LogP contribution >= 0.6 is 0 Å². The fourth-order valence-electron chi connectivity index (χ4n) is 0.0589. The molecule has 0 aliphatic rings. The van der Waals surface area contributed by atoms with Gasteiger partial charge in [0.15, 0.2) is 5.94 Å². The average molecular weight is 96.1 g/mol. The van der Waals surface area contributed by atoms with E-state index in [1.807, 2.05) is 0 Å². The van der Waals surface area contributed by atoms with Crippen molar-refractivity contribution in [3.63, 3.8) is 0 Å². The van der Waals surface area contributed by atoms with Gasteiger partial charge in [0.1, 0.15) is 0 Å². The van der Waals surface area contributed by atoms with E-state index in [0.717, 1.165) is 0 Å². The summed E-state index contributed by atoms with van der Waals surface area (Å²) in [6.07, 6.45) is 1.51. The van der Waals surface area contributed by atoms with E-state index in [2.05, 4.69) is 18.9 Å². The van der Waals surface area contributed by atoms with Crippen LogP contribution in [0.2, 0.25) is 0 Å². The van der Waals surface area contributed by atoms with Gasteiger partial charge in [0.25, 0.3) is 0 Å². The lowest BCUT2D eigenvalue weighted by atomic mass is 10.7. The molecule has 0 heterocycles. The quantitative estimate of drug-likeness (QED) is 0.253.